The first-order valence-corrected chi connectivity index (χ1v) is 5.38. The third kappa shape index (κ3) is 1.74. The van der Waals surface area contributed by atoms with E-state index in [4.69, 9.17) is 16.6 Å². The van der Waals surface area contributed by atoms with Crippen LogP contribution < -0.4 is 0 Å². The number of hydrogen-bond acceptors (Lipinski definition) is 3. The number of fused-ring (bicyclic) bond motifs is 1. The molecule has 0 aliphatic heterocycles. The molecule has 1 aromatic carbocycles. The molecule has 2 heterocycles. The van der Waals surface area contributed by atoms with Crippen LogP contribution >= 0.6 is 12.2 Å². The van der Waals surface area contributed by atoms with Gasteiger partial charge in [-0.1, -0.05) is 24.4 Å². The molecular formula is C12H7FN2OS. The van der Waals surface area contributed by atoms with Crippen LogP contribution in [0.1, 0.15) is 0 Å². The van der Waals surface area contributed by atoms with Gasteiger partial charge in [-0.05, 0) is 12.1 Å². The van der Waals surface area contributed by atoms with Crippen molar-refractivity contribution >= 4 is 23.2 Å². The molecule has 0 bridgehead atoms. The Kier molecular flexibility index (Phi) is 2.26. The lowest BCUT2D eigenvalue weighted by atomic mass is 10.2. The van der Waals surface area contributed by atoms with Crippen LogP contribution in [0, 0.1) is 10.5 Å². The van der Waals surface area contributed by atoms with E-state index in [0.29, 0.717) is 16.1 Å². The van der Waals surface area contributed by atoms with Gasteiger partial charge in [-0.3, -0.25) is 0 Å². The topological polar surface area (TPSA) is 41.8 Å². The lowest BCUT2D eigenvalue weighted by Gasteiger charge is -1.94. The zero-order valence-corrected chi connectivity index (χ0v) is 9.42. The molecule has 3 rings (SSSR count). The number of nitrogens with zero attached hydrogens (tertiary/aromatic N) is 1. The number of aromatic nitrogens is 2. The number of H-pyrrole nitrogens is 1. The predicted octanol–water partition coefficient (Wildman–Crippen LogP) is 3.69. The first-order chi connectivity index (χ1) is 8.24. The van der Waals surface area contributed by atoms with Crippen molar-refractivity contribution in [2.75, 3.05) is 0 Å². The Labute approximate surface area is 101 Å². The van der Waals surface area contributed by atoms with Crippen LogP contribution in [0.4, 0.5) is 4.39 Å². The second-order valence-electron chi connectivity index (χ2n) is 3.57. The summed E-state index contributed by atoms with van der Waals surface area (Å²) in [6.07, 6.45) is 1.49. The first kappa shape index (κ1) is 10.2. The van der Waals surface area contributed by atoms with Crippen molar-refractivity contribution in [3.05, 3.63) is 47.1 Å². The Morgan fingerprint density at radius 2 is 2.18 bits per heavy atom. The molecule has 2 aromatic heterocycles. The predicted molar refractivity (Wildman–Crippen MR) is 64.6 cm³/mol. The molecule has 3 nitrogen and oxygen atoms in total. The van der Waals surface area contributed by atoms with E-state index >= 15 is 0 Å². The highest BCUT2D eigenvalue weighted by molar-refractivity contribution is 7.71. The molecule has 0 unspecified atom stereocenters. The normalized spacial score (nSPS) is 10.9. The molecule has 0 radical (unpaired) electrons. The van der Waals surface area contributed by atoms with E-state index in [-0.39, 0.29) is 11.4 Å². The number of rotatable bonds is 1. The smallest absolute Gasteiger partial charge is 0.170 e. The van der Waals surface area contributed by atoms with Gasteiger partial charge in [0.25, 0.3) is 0 Å². The van der Waals surface area contributed by atoms with Crippen LogP contribution in [-0.4, -0.2) is 9.97 Å². The highest BCUT2D eigenvalue weighted by atomic mass is 32.1. The highest BCUT2D eigenvalue weighted by Gasteiger charge is 2.09. The molecule has 1 N–H and O–H groups in total. The average molecular weight is 246 g/mol. The summed E-state index contributed by atoms with van der Waals surface area (Å²) in [6, 6.07) is 8.24. The molecule has 0 saturated heterocycles. The fourth-order valence-corrected chi connectivity index (χ4v) is 1.84. The van der Waals surface area contributed by atoms with Gasteiger partial charge < -0.3 is 9.40 Å². The van der Waals surface area contributed by atoms with Crippen molar-refractivity contribution in [1.82, 2.24) is 9.97 Å². The summed E-state index contributed by atoms with van der Waals surface area (Å²) in [7, 11) is 0. The van der Waals surface area contributed by atoms with E-state index in [1.807, 2.05) is 0 Å². The Balaban J connectivity index is 2.25. The molecule has 84 valence electrons. The summed E-state index contributed by atoms with van der Waals surface area (Å²) in [5, 5.41) is 0.719. The van der Waals surface area contributed by atoms with E-state index in [0.717, 1.165) is 5.39 Å². The maximum absolute atomic E-state index is 13.5. The van der Waals surface area contributed by atoms with Gasteiger partial charge in [0.15, 0.2) is 17.2 Å². The van der Waals surface area contributed by atoms with E-state index in [2.05, 4.69) is 9.97 Å². The zero-order valence-electron chi connectivity index (χ0n) is 8.61. The van der Waals surface area contributed by atoms with Crippen molar-refractivity contribution in [2.45, 2.75) is 0 Å². The highest BCUT2D eigenvalue weighted by Crippen LogP contribution is 2.27. The van der Waals surface area contributed by atoms with Gasteiger partial charge in [-0.2, -0.15) is 0 Å². The van der Waals surface area contributed by atoms with Crippen LogP contribution in [0.2, 0.25) is 0 Å². The standard InChI is InChI=1S/C12H7FN2OS/c13-8-3-1-2-7-4-10(16-12(7)8)9-5-11(17)15-6-14-9/h1-6H,(H,14,15,17). The molecule has 3 aromatic rings. The number of hydrogen-bond donors (Lipinski definition) is 1. The first-order valence-electron chi connectivity index (χ1n) is 4.97. The van der Waals surface area contributed by atoms with Crippen molar-refractivity contribution in [1.29, 1.82) is 0 Å². The van der Waals surface area contributed by atoms with Gasteiger partial charge in [-0.25, -0.2) is 9.37 Å². The minimum Gasteiger partial charge on any atom is -0.451 e. The molecule has 0 atom stereocenters. The van der Waals surface area contributed by atoms with Gasteiger partial charge in [0, 0.05) is 11.5 Å². The second kappa shape index (κ2) is 3.78. The Hall–Kier alpha value is -2.01. The number of benzene rings is 1. The minimum absolute atomic E-state index is 0.249. The van der Waals surface area contributed by atoms with Gasteiger partial charge in [0.2, 0.25) is 0 Å². The van der Waals surface area contributed by atoms with E-state index in [1.54, 1.807) is 24.3 Å². The third-order valence-corrected chi connectivity index (χ3v) is 2.66. The molecule has 17 heavy (non-hydrogen) atoms. The van der Waals surface area contributed by atoms with E-state index in [9.17, 15) is 4.39 Å². The molecule has 0 amide bonds. The molecular weight excluding hydrogens is 239 g/mol. The summed E-state index contributed by atoms with van der Waals surface area (Å²) >= 11 is 4.96. The van der Waals surface area contributed by atoms with Gasteiger partial charge in [0.1, 0.15) is 4.64 Å². The van der Waals surface area contributed by atoms with Crippen LogP contribution in [0.15, 0.2) is 41.1 Å². The lowest BCUT2D eigenvalue weighted by molar-refractivity contribution is 0.567. The molecule has 0 spiro atoms. The summed E-state index contributed by atoms with van der Waals surface area (Å²) in [6.45, 7) is 0. The van der Waals surface area contributed by atoms with Gasteiger partial charge in [0.05, 0.1) is 12.0 Å². The van der Waals surface area contributed by atoms with E-state index in [1.165, 1.54) is 12.4 Å². The maximum atomic E-state index is 13.5. The fraction of sp³-hybridized carbons (Fsp3) is 0. The number of furan rings is 1. The van der Waals surface area contributed by atoms with Crippen LogP contribution in [0.25, 0.3) is 22.4 Å². The van der Waals surface area contributed by atoms with Crippen molar-refractivity contribution in [3.8, 4) is 11.5 Å². The van der Waals surface area contributed by atoms with Gasteiger partial charge >= 0.3 is 0 Å². The largest absolute Gasteiger partial charge is 0.451 e. The number of para-hydroxylation sites is 1. The Bertz CT molecular complexity index is 747. The van der Waals surface area contributed by atoms with Crippen molar-refractivity contribution in [2.24, 2.45) is 0 Å². The van der Waals surface area contributed by atoms with Crippen molar-refractivity contribution < 1.29 is 8.81 Å². The quantitative estimate of drug-likeness (QED) is 0.666. The molecule has 0 aliphatic rings. The molecule has 5 heteroatoms. The SMILES string of the molecule is Fc1cccc2cc(-c3cc(=S)nc[nH]3)oc12. The monoisotopic (exact) mass is 246 g/mol. The Morgan fingerprint density at radius 1 is 1.29 bits per heavy atom. The summed E-state index contributed by atoms with van der Waals surface area (Å²) in [5.41, 5.74) is 0.930. The molecule has 0 fully saturated rings. The summed E-state index contributed by atoms with van der Waals surface area (Å²) in [5.74, 6) is 0.167. The van der Waals surface area contributed by atoms with Crippen LogP contribution in [0.3, 0.4) is 0 Å². The minimum atomic E-state index is -0.374. The Morgan fingerprint density at radius 3 is 2.94 bits per heavy atom. The van der Waals surface area contributed by atoms with Crippen LogP contribution in [0.5, 0.6) is 0 Å². The summed E-state index contributed by atoms with van der Waals surface area (Å²) < 4.78 is 19.4. The second-order valence-corrected chi connectivity index (χ2v) is 3.99. The average Bonchev–Trinajstić information content (AvgIpc) is 2.74. The fourth-order valence-electron chi connectivity index (χ4n) is 1.67. The summed E-state index contributed by atoms with van der Waals surface area (Å²) in [4.78, 5) is 6.79. The number of nitrogens with one attached hydrogen (secondary N) is 1. The number of halogens is 1. The van der Waals surface area contributed by atoms with E-state index < -0.39 is 0 Å². The number of aromatic amines is 1. The molecule has 0 aliphatic carbocycles. The molecule has 0 saturated carbocycles. The van der Waals surface area contributed by atoms with Gasteiger partial charge in [-0.15, -0.1) is 0 Å². The van der Waals surface area contributed by atoms with Crippen LogP contribution in [-0.2, 0) is 0 Å². The lowest BCUT2D eigenvalue weighted by Crippen LogP contribution is -1.82. The third-order valence-electron chi connectivity index (χ3n) is 2.44. The van der Waals surface area contributed by atoms with Crippen molar-refractivity contribution in [3.63, 3.8) is 0 Å². The zero-order chi connectivity index (χ0) is 11.8. The maximum Gasteiger partial charge on any atom is 0.170 e.